The fourth-order valence-electron chi connectivity index (χ4n) is 1.94. The number of amides is 1. The highest BCUT2D eigenvalue weighted by Gasteiger charge is 2.22. The van der Waals surface area contributed by atoms with Gasteiger partial charge in [-0.2, -0.15) is 0 Å². The van der Waals surface area contributed by atoms with Crippen molar-refractivity contribution < 1.29 is 23.8 Å². The fraction of sp³-hybridized carbons (Fsp3) is 0.467. The van der Waals surface area contributed by atoms with Crippen molar-refractivity contribution >= 4 is 11.7 Å². The van der Waals surface area contributed by atoms with Crippen molar-refractivity contribution in [1.82, 2.24) is 5.32 Å². The number of ketones is 1. The Morgan fingerprint density at radius 3 is 2.19 bits per heavy atom. The first-order chi connectivity index (χ1) is 9.99. The van der Waals surface area contributed by atoms with Crippen molar-refractivity contribution in [2.75, 3.05) is 21.3 Å². The van der Waals surface area contributed by atoms with Crippen LogP contribution in [0.3, 0.4) is 0 Å². The Morgan fingerprint density at radius 2 is 1.71 bits per heavy atom. The van der Waals surface area contributed by atoms with Crippen LogP contribution in [0.5, 0.6) is 17.2 Å². The Bertz CT molecular complexity index is 527. The summed E-state index contributed by atoms with van der Waals surface area (Å²) in [6.07, 6.45) is 0.366. The summed E-state index contributed by atoms with van der Waals surface area (Å²) < 4.78 is 15.6. The Morgan fingerprint density at radius 1 is 1.10 bits per heavy atom. The monoisotopic (exact) mass is 295 g/mol. The van der Waals surface area contributed by atoms with Gasteiger partial charge >= 0.3 is 0 Å². The molecule has 1 aromatic rings. The second kappa shape index (κ2) is 7.52. The Balaban J connectivity index is 3.12. The van der Waals surface area contributed by atoms with Gasteiger partial charge in [-0.3, -0.25) is 9.59 Å². The minimum absolute atomic E-state index is 0.0391. The van der Waals surface area contributed by atoms with E-state index in [1.807, 2.05) is 0 Å². The maximum atomic E-state index is 12.3. The van der Waals surface area contributed by atoms with E-state index < -0.39 is 11.9 Å². The van der Waals surface area contributed by atoms with E-state index >= 15 is 0 Å². The number of nitrogens with one attached hydrogen (secondary N) is 1. The van der Waals surface area contributed by atoms with Crippen molar-refractivity contribution in [2.24, 2.45) is 0 Å². The van der Waals surface area contributed by atoms with Crippen molar-refractivity contribution in [3.8, 4) is 17.2 Å². The zero-order valence-electron chi connectivity index (χ0n) is 13.0. The van der Waals surface area contributed by atoms with E-state index in [4.69, 9.17) is 14.2 Å². The van der Waals surface area contributed by atoms with Gasteiger partial charge in [0.05, 0.1) is 32.9 Å². The number of carbonyl (C=O) groups is 2. The molecule has 21 heavy (non-hydrogen) atoms. The first kappa shape index (κ1) is 16.8. The lowest BCUT2D eigenvalue weighted by Crippen LogP contribution is -2.38. The van der Waals surface area contributed by atoms with E-state index in [9.17, 15) is 9.59 Å². The molecule has 1 unspecified atom stereocenters. The lowest BCUT2D eigenvalue weighted by molar-refractivity contribution is -0.120. The highest BCUT2D eigenvalue weighted by Crippen LogP contribution is 2.39. The van der Waals surface area contributed by atoms with Gasteiger partial charge in [0, 0.05) is 6.42 Å². The van der Waals surface area contributed by atoms with Gasteiger partial charge in [0.25, 0.3) is 5.91 Å². The third kappa shape index (κ3) is 3.65. The highest BCUT2D eigenvalue weighted by atomic mass is 16.5. The maximum absolute atomic E-state index is 12.3. The predicted octanol–water partition coefficient (Wildman–Crippen LogP) is 1.81. The van der Waals surface area contributed by atoms with Crippen LogP contribution >= 0.6 is 0 Å². The normalized spacial score (nSPS) is 11.5. The summed E-state index contributed by atoms with van der Waals surface area (Å²) in [5, 5.41) is 2.65. The molecule has 0 bridgehead atoms. The molecular formula is C15H21NO5. The third-order valence-electron chi connectivity index (χ3n) is 3.13. The van der Waals surface area contributed by atoms with Gasteiger partial charge in [-0.15, -0.1) is 0 Å². The van der Waals surface area contributed by atoms with Gasteiger partial charge in [-0.25, -0.2) is 0 Å². The minimum atomic E-state index is -0.555. The molecular weight excluding hydrogens is 274 g/mol. The first-order valence-electron chi connectivity index (χ1n) is 6.62. The van der Waals surface area contributed by atoms with Crippen molar-refractivity contribution in [3.63, 3.8) is 0 Å². The second-order valence-corrected chi connectivity index (χ2v) is 4.40. The van der Waals surface area contributed by atoms with Crippen molar-refractivity contribution in [1.29, 1.82) is 0 Å². The lowest BCUT2D eigenvalue weighted by Gasteiger charge is -2.17. The molecule has 0 heterocycles. The van der Waals surface area contributed by atoms with Crippen molar-refractivity contribution in [3.05, 3.63) is 17.7 Å². The van der Waals surface area contributed by atoms with Crippen molar-refractivity contribution in [2.45, 2.75) is 26.3 Å². The summed E-state index contributed by atoms with van der Waals surface area (Å²) in [6, 6.07) is 2.63. The van der Waals surface area contributed by atoms with Crippen LogP contribution in [-0.4, -0.2) is 39.1 Å². The van der Waals surface area contributed by atoms with E-state index in [-0.39, 0.29) is 17.1 Å². The molecule has 1 atom stereocenters. The van der Waals surface area contributed by atoms with Gasteiger partial charge in [-0.1, -0.05) is 6.92 Å². The van der Waals surface area contributed by atoms with E-state index in [2.05, 4.69) is 5.32 Å². The molecule has 6 heteroatoms. The van der Waals surface area contributed by atoms with E-state index in [1.54, 1.807) is 26.0 Å². The first-order valence-corrected chi connectivity index (χ1v) is 6.62. The van der Waals surface area contributed by atoms with E-state index in [0.717, 1.165) is 0 Å². The molecule has 0 aliphatic heterocycles. The van der Waals surface area contributed by atoms with E-state index in [1.165, 1.54) is 21.3 Å². The molecule has 0 aliphatic rings. The largest absolute Gasteiger partial charge is 0.493 e. The van der Waals surface area contributed by atoms with E-state index in [0.29, 0.717) is 17.9 Å². The van der Waals surface area contributed by atoms with Gasteiger partial charge in [0.15, 0.2) is 17.3 Å². The highest BCUT2D eigenvalue weighted by molar-refractivity contribution is 6.00. The van der Waals surface area contributed by atoms with Gasteiger partial charge in [-0.05, 0) is 19.1 Å². The number of benzene rings is 1. The number of carbonyl (C=O) groups excluding carboxylic acids is 2. The number of hydrogen-bond donors (Lipinski definition) is 1. The summed E-state index contributed by atoms with van der Waals surface area (Å²) in [4.78, 5) is 23.8. The van der Waals surface area contributed by atoms with Crippen LogP contribution < -0.4 is 19.5 Å². The van der Waals surface area contributed by atoms with Crippen LogP contribution in [-0.2, 0) is 4.79 Å². The zero-order chi connectivity index (χ0) is 16.0. The SMILES string of the molecule is CCC(=O)C(C)NC(=O)c1ccc(OC)c(OC)c1OC. The summed E-state index contributed by atoms with van der Waals surface area (Å²) in [5.41, 5.74) is 0.283. The number of rotatable bonds is 7. The maximum Gasteiger partial charge on any atom is 0.255 e. The van der Waals surface area contributed by atoms with Crippen LogP contribution in [0.15, 0.2) is 12.1 Å². The smallest absolute Gasteiger partial charge is 0.255 e. The summed E-state index contributed by atoms with van der Waals surface area (Å²) in [5.74, 6) is 0.626. The predicted molar refractivity (Wildman–Crippen MR) is 78.3 cm³/mol. The standard InChI is InChI=1S/C15H21NO5/c1-6-11(17)9(2)16-15(18)10-7-8-12(19-3)14(21-5)13(10)20-4/h7-9H,6H2,1-5H3,(H,16,18). The van der Waals surface area contributed by atoms with Crippen LogP contribution in [0, 0.1) is 0 Å². The molecule has 0 aliphatic carbocycles. The number of methoxy groups -OCH3 is 3. The summed E-state index contributed by atoms with van der Waals surface area (Å²) in [7, 11) is 4.40. The number of ether oxygens (including phenoxy) is 3. The van der Waals surface area contributed by atoms with Gasteiger partial charge in [0.2, 0.25) is 5.75 Å². The number of Topliss-reactive ketones (excluding diaryl/α,β-unsaturated/α-hetero) is 1. The molecule has 6 nitrogen and oxygen atoms in total. The molecule has 1 rings (SSSR count). The second-order valence-electron chi connectivity index (χ2n) is 4.40. The quantitative estimate of drug-likeness (QED) is 0.830. The van der Waals surface area contributed by atoms with Crippen LogP contribution in [0.25, 0.3) is 0 Å². The Labute approximate surface area is 124 Å². The van der Waals surface area contributed by atoms with Crippen LogP contribution in [0.2, 0.25) is 0 Å². The lowest BCUT2D eigenvalue weighted by atomic mass is 10.1. The van der Waals surface area contributed by atoms with Crippen LogP contribution in [0.1, 0.15) is 30.6 Å². The third-order valence-corrected chi connectivity index (χ3v) is 3.13. The average molecular weight is 295 g/mol. The van der Waals surface area contributed by atoms with Crippen LogP contribution in [0.4, 0.5) is 0 Å². The topological polar surface area (TPSA) is 73.9 Å². The molecule has 1 amide bonds. The minimum Gasteiger partial charge on any atom is -0.493 e. The Hall–Kier alpha value is -2.24. The molecule has 0 fully saturated rings. The molecule has 0 saturated heterocycles. The molecule has 1 N–H and O–H groups in total. The molecule has 0 spiro atoms. The zero-order valence-corrected chi connectivity index (χ0v) is 13.0. The summed E-state index contributed by atoms with van der Waals surface area (Å²) in [6.45, 7) is 3.40. The molecule has 0 radical (unpaired) electrons. The molecule has 0 aromatic heterocycles. The fourth-order valence-corrected chi connectivity index (χ4v) is 1.94. The molecule has 0 saturated carbocycles. The molecule has 116 valence electrons. The molecule has 1 aromatic carbocycles. The number of hydrogen-bond acceptors (Lipinski definition) is 5. The Kier molecular flexibility index (Phi) is 6.02. The average Bonchev–Trinajstić information content (AvgIpc) is 2.51. The van der Waals surface area contributed by atoms with Gasteiger partial charge in [0.1, 0.15) is 0 Å². The summed E-state index contributed by atoms with van der Waals surface area (Å²) >= 11 is 0. The van der Waals surface area contributed by atoms with Gasteiger partial charge < -0.3 is 19.5 Å².